The fraction of sp³-hybridized carbons (Fsp3) is 0.118. The largest absolute Gasteiger partial charge is 0.484 e. The molecule has 0 fully saturated rings. The van der Waals surface area contributed by atoms with Gasteiger partial charge >= 0.3 is 5.97 Å². The molecule has 0 heterocycles. The van der Waals surface area contributed by atoms with Crippen LogP contribution < -0.4 is 14.9 Å². The summed E-state index contributed by atoms with van der Waals surface area (Å²) in [5, 5.41) is 12.3. The van der Waals surface area contributed by atoms with Crippen molar-refractivity contribution in [1.29, 1.82) is 0 Å². The van der Waals surface area contributed by atoms with Crippen molar-refractivity contribution in [2.75, 3.05) is 13.2 Å². The van der Waals surface area contributed by atoms with Gasteiger partial charge in [0, 0.05) is 0 Å². The van der Waals surface area contributed by atoms with E-state index in [-0.39, 0.29) is 12.5 Å². The van der Waals surface area contributed by atoms with Gasteiger partial charge in [0.05, 0.1) is 6.21 Å². The summed E-state index contributed by atoms with van der Waals surface area (Å²) in [5.41, 5.74) is 3.08. The van der Waals surface area contributed by atoms with E-state index >= 15 is 0 Å². The van der Waals surface area contributed by atoms with E-state index in [2.05, 4.69) is 10.5 Å². The molecular formula is C17H16N2O5. The Morgan fingerprint density at radius 2 is 1.58 bits per heavy atom. The molecule has 0 aliphatic heterocycles. The van der Waals surface area contributed by atoms with E-state index in [4.69, 9.17) is 14.6 Å². The van der Waals surface area contributed by atoms with Gasteiger partial charge in [0.15, 0.2) is 13.2 Å². The lowest BCUT2D eigenvalue weighted by Gasteiger charge is -2.04. The first kappa shape index (κ1) is 17.0. The Kier molecular flexibility index (Phi) is 6.34. The first-order chi connectivity index (χ1) is 11.6. The highest BCUT2D eigenvalue weighted by Gasteiger charge is 2.01. The third kappa shape index (κ3) is 6.18. The number of hydrogen-bond acceptors (Lipinski definition) is 5. The number of hydrogen-bond donors (Lipinski definition) is 2. The molecule has 2 aromatic rings. The summed E-state index contributed by atoms with van der Waals surface area (Å²) in [4.78, 5) is 22.0. The van der Waals surface area contributed by atoms with Gasteiger partial charge in [-0.2, -0.15) is 5.10 Å². The predicted molar refractivity (Wildman–Crippen MR) is 87.2 cm³/mol. The van der Waals surface area contributed by atoms with Crippen molar-refractivity contribution in [2.45, 2.75) is 0 Å². The van der Waals surface area contributed by atoms with Crippen LogP contribution in [0.5, 0.6) is 11.5 Å². The highest BCUT2D eigenvalue weighted by atomic mass is 16.5. The Morgan fingerprint density at radius 1 is 0.958 bits per heavy atom. The quantitative estimate of drug-likeness (QED) is 0.567. The van der Waals surface area contributed by atoms with Crippen molar-refractivity contribution in [1.82, 2.24) is 5.43 Å². The normalized spacial score (nSPS) is 10.3. The zero-order valence-corrected chi connectivity index (χ0v) is 12.7. The first-order valence-corrected chi connectivity index (χ1v) is 7.08. The maximum Gasteiger partial charge on any atom is 0.341 e. The maximum atomic E-state index is 11.6. The van der Waals surface area contributed by atoms with Crippen molar-refractivity contribution in [3.63, 3.8) is 0 Å². The molecule has 0 atom stereocenters. The summed E-state index contributed by atoms with van der Waals surface area (Å²) in [6.45, 7) is -0.534. The number of carboxylic acids is 1. The minimum atomic E-state index is -1.04. The van der Waals surface area contributed by atoms with Crippen molar-refractivity contribution >= 4 is 18.1 Å². The van der Waals surface area contributed by atoms with E-state index in [0.29, 0.717) is 11.5 Å². The van der Waals surface area contributed by atoms with Crippen molar-refractivity contribution in [2.24, 2.45) is 5.10 Å². The third-order valence-electron chi connectivity index (χ3n) is 2.76. The number of nitrogens with one attached hydrogen (secondary N) is 1. The number of ether oxygens (including phenoxy) is 2. The summed E-state index contributed by atoms with van der Waals surface area (Å²) >= 11 is 0. The Bertz CT molecular complexity index is 699. The molecule has 124 valence electrons. The molecule has 0 saturated heterocycles. The number of carbonyl (C=O) groups is 2. The van der Waals surface area contributed by atoms with Crippen molar-refractivity contribution in [3.05, 3.63) is 60.2 Å². The van der Waals surface area contributed by atoms with Gasteiger partial charge in [-0.05, 0) is 42.0 Å². The molecule has 2 aromatic carbocycles. The van der Waals surface area contributed by atoms with Gasteiger partial charge in [0.1, 0.15) is 11.5 Å². The molecular weight excluding hydrogens is 312 g/mol. The monoisotopic (exact) mass is 328 g/mol. The highest BCUT2D eigenvalue weighted by Crippen LogP contribution is 2.11. The first-order valence-electron chi connectivity index (χ1n) is 7.08. The molecule has 2 N–H and O–H groups in total. The number of aliphatic carboxylic acids is 1. The minimum Gasteiger partial charge on any atom is -0.484 e. The molecule has 7 heteroatoms. The van der Waals surface area contributed by atoms with Crippen molar-refractivity contribution in [3.8, 4) is 11.5 Å². The van der Waals surface area contributed by atoms with Gasteiger partial charge in [-0.1, -0.05) is 18.2 Å². The van der Waals surface area contributed by atoms with Gasteiger partial charge in [-0.25, -0.2) is 10.2 Å². The number of nitrogens with zero attached hydrogens (tertiary/aromatic N) is 1. The second kappa shape index (κ2) is 8.94. The maximum absolute atomic E-state index is 11.6. The number of carbonyl (C=O) groups excluding carboxylic acids is 1. The molecule has 0 saturated carbocycles. The fourth-order valence-electron chi connectivity index (χ4n) is 1.67. The lowest BCUT2D eigenvalue weighted by molar-refractivity contribution is -0.139. The highest BCUT2D eigenvalue weighted by molar-refractivity contribution is 5.83. The topological polar surface area (TPSA) is 97.2 Å². The van der Waals surface area contributed by atoms with E-state index in [9.17, 15) is 9.59 Å². The number of para-hydroxylation sites is 1. The van der Waals surface area contributed by atoms with Gasteiger partial charge in [0.2, 0.25) is 0 Å². The van der Waals surface area contributed by atoms with Crippen LogP contribution in [0.25, 0.3) is 0 Å². The van der Waals surface area contributed by atoms with E-state index in [0.717, 1.165) is 5.56 Å². The zero-order valence-electron chi connectivity index (χ0n) is 12.7. The van der Waals surface area contributed by atoms with Crippen LogP contribution >= 0.6 is 0 Å². The van der Waals surface area contributed by atoms with E-state index < -0.39 is 12.6 Å². The second-order valence-corrected chi connectivity index (χ2v) is 4.65. The van der Waals surface area contributed by atoms with Crippen LogP contribution in [0.4, 0.5) is 0 Å². The smallest absolute Gasteiger partial charge is 0.341 e. The van der Waals surface area contributed by atoms with Crippen LogP contribution in [0.3, 0.4) is 0 Å². The summed E-state index contributed by atoms with van der Waals surface area (Å²) in [7, 11) is 0. The molecule has 0 spiro atoms. The standard InChI is InChI=1S/C17H16N2O5/c20-16(11-23-14-4-2-1-3-5-14)19-18-10-13-6-8-15(9-7-13)24-12-17(21)22/h1-10H,11-12H2,(H,19,20)(H,21,22)/b18-10+. The molecule has 0 unspecified atom stereocenters. The zero-order chi connectivity index (χ0) is 17.2. The molecule has 0 radical (unpaired) electrons. The molecule has 0 aliphatic rings. The molecule has 0 aromatic heterocycles. The number of benzene rings is 2. The Hall–Kier alpha value is -3.35. The van der Waals surface area contributed by atoms with Crippen LogP contribution in [0.1, 0.15) is 5.56 Å². The average Bonchev–Trinajstić information content (AvgIpc) is 2.60. The lowest BCUT2D eigenvalue weighted by Crippen LogP contribution is -2.24. The molecule has 1 amide bonds. The van der Waals surface area contributed by atoms with Gasteiger partial charge in [0.25, 0.3) is 5.91 Å². The fourth-order valence-corrected chi connectivity index (χ4v) is 1.67. The SMILES string of the molecule is O=C(O)COc1ccc(/C=N/NC(=O)COc2ccccc2)cc1. The number of amides is 1. The van der Waals surface area contributed by atoms with Crippen LogP contribution in [0, 0.1) is 0 Å². The van der Waals surface area contributed by atoms with E-state index in [1.807, 2.05) is 18.2 Å². The Morgan fingerprint density at radius 3 is 2.25 bits per heavy atom. The van der Waals surface area contributed by atoms with Gasteiger partial charge in [-0.15, -0.1) is 0 Å². The van der Waals surface area contributed by atoms with E-state index in [1.165, 1.54) is 6.21 Å². The molecule has 0 aliphatic carbocycles. The van der Waals surface area contributed by atoms with Crippen molar-refractivity contribution < 1.29 is 24.2 Å². The second-order valence-electron chi connectivity index (χ2n) is 4.65. The van der Waals surface area contributed by atoms with Gasteiger partial charge in [-0.3, -0.25) is 4.79 Å². The van der Waals surface area contributed by atoms with Crippen LogP contribution in [0.2, 0.25) is 0 Å². The summed E-state index contributed by atoms with van der Waals surface area (Å²) < 4.78 is 10.3. The Balaban J connectivity index is 1.74. The van der Waals surface area contributed by atoms with Crippen LogP contribution in [-0.2, 0) is 9.59 Å². The molecule has 0 bridgehead atoms. The Labute approximate surface area is 138 Å². The van der Waals surface area contributed by atoms with E-state index in [1.54, 1.807) is 36.4 Å². The van der Waals surface area contributed by atoms with Crippen LogP contribution in [-0.4, -0.2) is 36.4 Å². The summed E-state index contributed by atoms with van der Waals surface area (Å²) in [5.74, 6) is -0.374. The average molecular weight is 328 g/mol. The van der Waals surface area contributed by atoms with Gasteiger partial charge < -0.3 is 14.6 Å². The lowest BCUT2D eigenvalue weighted by atomic mass is 10.2. The van der Waals surface area contributed by atoms with Crippen LogP contribution in [0.15, 0.2) is 59.7 Å². The summed E-state index contributed by atoms with van der Waals surface area (Å²) in [6, 6.07) is 15.6. The third-order valence-corrected chi connectivity index (χ3v) is 2.76. The predicted octanol–water partition coefficient (Wildman–Crippen LogP) is 1.68. The number of carboxylic acid groups (broad SMARTS) is 1. The summed E-state index contributed by atoms with van der Waals surface area (Å²) in [6.07, 6.45) is 1.46. The number of rotatable bonds is 8. The minimum absolute atomic E-state index is 0.136. The number of hydrazone groups is 1. The molecule has 24 heavy (non-hydrogen) atoms. The molecule has 2 rings (SSSR count). The molecule has 7 nitrogen and oxygen atoms in total.